The molecular weight excluding hydrogens is 494 g/mol. The van der Waals surface area contributed by atoms with Crippen LogP contribution in [0.2, 0.25) is 0 Å². The molecule has 0 amide bonds. The van der Waals surface area contributed by atoms with Gasteiger partial charge < -0.3 is 18.9 Å². The van der Waals surface area contributed by atoms with Gasteiger partial charge in [0.2, 0.25) is 0 Å². The molecule has 4 aromatic rings. The molecule has 39 heavy (non-hydrogen) atoms. The Morgan fingerprint density at radius 3 is 2.38 bits per heavy atom. The van der Waals surface area contributed by atoms with E-state index in [2.05, 4.69) is 46.7 Å². The van der Waals surface area contributed by atoms with Crippen LogP contribution in [0, 0.1) is 5.92 Å². The smallest absolute Gasteiger partial charge is 0.277 e. The largest absolute Gasteiger partial charge is 0.497 e. The van der Waals surface area contributed by atoms with Crippen LogP contribution in [0.25, 0.3) is 22.0 Å². The summed E-state index contributed by atoms with van der Waals surface area (Å²) in [6, 6.07) is 24.0. The third-order valence-electron chi connectivity index (χ3n) is 7.69. The quantitative estimate of drug-likeness (QED) is 0.319. The lowest BCUT2D eigenvalue weighted by Gasteiger charge is -2.26. The zero-order chi connectivity index (χ0) is 27.0. The predicted molar refractivity (Wildman–Crippen MR) is 147 cm³/mol. The Bertz CT molecular complexity index is 1500. The Hall–Kier alpha value is -3.59. The van der Waals surface area contributed by atoms with E-state index in [0.717, 1.165) is 29.7 Å². The second-order valence-corrected chi connectivity index (χ2v) is 10.7. The van der Waals surface area contributed by atoms with Gasteiger partial charge in [-0.15, -0.1) is 5.10 Å². The first-order valence-electron chi connectivity index (χ1n) is 13.5. The van der Waals surface area contributed by atoms with Crippen molar-refractivity contribution in [1.29, 1.82) is 0 Å². The third-order valence-corrected chi connectivity index (χ3v) is 7.69. The number of rotatable bonds is 8. The molecule has 0 spiro atoms. The second-order valence-electron chi connectivity index (χ2n) is 10.7. The van der Waals surface area contributed by atoms with Crippen LogP contribution in [0.1, 0.15) is 32.3 Å². The Kier molecular flexibility index (Phi) is 6.93. The van der Waals surface area contributed by atoms with E-state index in [-0.39, 0.29) is 23.7 Å². The molecule has 1 aromatic heterocycles. The molecule has 0 aliphatic carbocycles. The van der Waals surface area contributed by atoms with Gasteiger partial charge in [-0.3, -0.25) is 4.79 Å². The minimum absolute atomic E-state index is 0.0542. The van der Waals surface area contributed by atoms with E-state index in [1.165, 1.54) is 10.2 Å². The number of ether oxygens (including phenoxy) is 4. The van der Waals surface area contributed by atoms with Crippen molar-refractivity contribution in [2.75, 3.05) is 7.11 Å². The molecule has 6 rings (SSSR count). The van der Waals surface area contributed by atoms with Gasteiger partial charge in [0.05, 0.1) is 18.6 Å². The highest BCUT2D eigenvalue weighted by Crippen LogP contribution is 2.43. The lowest BCUT2D eigenvalue weighted by molar-refractivity contribution is -0.210. The highest BCUT2D eigenvalue weighted by molar-refractivity contribution is 5.76. The summed E-state index contributed by atoms with van der Waals surface area (Å²) in [7, 11) is 1.67. The van der Waals surface area contributed by atoms with Crippen LogP contribution in [0.4, 0.5) is 0 Å². The topological polar surface area (TPSA) is 84.7 Å². The fraction of sp³-hybridized carbons (Fsp3) is 0.387. The molecule has 2 fully saturated rings. The summed E-state index contributed by atoms with van der Waals surface area (Å²) >= 11 is 0. The van der Waals surface area contributed by atoms with Gasteiger partial charge in [0.25, 0.3) is 5.56 Å². The highest BCUT2D eigenvalue weighted by atomic mass is 16.8. The first-order valence-corrected chi connectivity index (χ1v) is 13.5. The average Bonchev–Trinajstić information content (AvgIpc) is 3.43. The van der Waals surface area contributed by atoms with Crippen LogP contribution in [0.5, 0.6) is 5.75 Å². The zero-order valence-electron chi connectivity index (χ0n) is 22.4. The number of hydrogen-bond acceptors (Lipinski definition) is 7. The Balaban J connectivity index is 1.14. The van der Waals surface area contributed by atoms with Crippen molar-refractivity contribution < 1.29 is 18.9 Å². The van der Waals surface area contributed by atoms with Crippen molar-refractivity contribution in [2.45, 2.75) is 63.9 Å². The van der Waals surface area contributed by atoms with Gasteiger partial charge in [-0.1, -0.05) is 53.7 Å². The maximum absolute atomic E-state index is 13.0. The Morgan fingerprint density at radius 2 is 1.64 bits per heavy atom. The highest BCUT2D eigenvalue weighted by Gasteiger charge is 2.54. The lowest BCUT2D eigenvalue weighted by atomic mass is 9.90. The molecule has 0 N–H and O–H groups in total. The molecule has 3 aromatic carbocycles. The van der Waals surface area contributed by atoms with Gasteiger partial charge in [-0.25, -0.2) is 4.68 Å². The van der Waals surface area contributed by atoms with Crippen LogP contribution in [-0.4, -0.2) is 46.4 Å². The number of benzene rings is 3. The van der Waals surface area contributed by atoms with E-state index in [4.69, 9.17) is 18.9 Å². The minimum Gasteiger partial charge on any atom is -0.497 e. The van der Waals surface area contributed by atoms with Gasteiger partial charge in [-0.05, 0) is 74.1 Å². The predicted octanol–water partition coefficient (Wildman–Crippen LogP) is 4.98. The molecular formula is C31H33N3O5. The van der Waals surface area contributed by atoms with E-state index in [0.29, 0.717) is 23.9 Å². The first kappa shape index (κ1) is 25.7. The molecule has 2 aliphatic rings. The van der Waals surface area contributed by atoms with Gasteiger partial charge >= 0.3 is 0 Å². The molecule has 3 heterocycles. The number of hydrogen-bond donors (Lipinski definition) is 0. The summed E-state index contributed by atoms with van der Waals surface area (Å²) < 4.78 is 25.4. The van der Waals surface area contributed by atoms with Crippen molar-refractivity contribution >= 4 is 10.9 Å². The molecule has 8 heteroatoms. The summed E-state index contributed by atoms with van der Waals surface area (Å²) in [5.74, 6) is 0.214. The first-order chi connectivity index (χ1) is 18.9. The summed E-state index contributed by atoms with van der Waals surface area (Å²) in [5, 5.41) is 8.98. The van der Waals surface area contributed by atoms with Gasteiger partial charge in [0.15, 0.2) is 12.1 Å². The van der Waals surface area contributed by atoms with E-state index in [9.17, 15) is 4.79 Å². The van der Waals surface area contributed by atoms with Gasteiger partial charge in [-0.2, -0.15) is 0 Å². The van der Waals surface area contributed by atoms with Crippen molar-refractivity contribution in [1.82, 2.24) is 15.0 Å². The second kappa shape index (κ2) is 10.5. The number of nitrogens with zero attached hydrogens (tertiary/aromatic N) is 3. The molecule has 2 aliphatic heterocycles. The number of fused-ring (bicyclic) bond motifs is 2. The maximum Gasteiger partial charge on any atom is 0.277 e. The Morgan fingerprint density at radius 1 is 0.923 bits per heavy atom. The van der Waals surface area contributed by atoms with Gasteiger partial charge in [0, 0.05) is 12.5 Å². The minimum atomic E-state index is -0.699. The van der Waals surface area contributed by atoms with Crippen LogP contribution < -0.4 is 10.3 Å². The molecule has 2 saturated heterocycles. The van der Waals surface area contributed by atoms with E-state index >= 15 is 0 Å². The molecule has 0 saturated carbocycles. The molecule has 0 unspecified atom stereocenters. The standard InChI is InChI=1S/C31H33N3O5/c1-31(2)38-28-25(18-19-34-29(35)24-6-4-5-7-26(24)32-33-34)27(37-30(28)39-31)17-10-20-8-11-21(12-9-20)22-13-15-23(36-3)16-14-22/h4-9,11-16,25,27-28,30H,10,17-19H2,1-3H3/t25-,27-,28-,30-/m0/s1. The monoisotopic (exact) mass is 527 g/mol. The van der Waals surface area contributed by atoms with Crippen LogP contribution >= 0.6 is 0 Å². The lowest BCUT2D eigenvalue weighted by Crippen LogP contribution is -2.33. The van der Waals surface area contributed by atoms with Crippen molar-refractivity contribution in [2.24, 2.45) is 5.92 Å². The average molecular weight is 528 g/mol. The summed E-state index contributed by atoms with van der Waals surface area (Å²) in [6.07, 6.45) is 1.71. The number of aromatic nitrogens is 3. The summed E-state index contributed by atoms with van der Waals surface area (Å²) in [4.78, 5) is 13.0. The summed E-state index contributed by atoms with van der Waals surface area (Å²) in [6.45, 7) is 4.25. The van der Waals surface area contributed by atoms with Crippen molar-refractivity contribution in [3.05, 3.63) is 88.7 Å². The normalized spacial score (nSPS) is 23.7. The third kappa shape index (κ3) is 5.32. The Labute approximate surface area is 227 Å². The fourth-order valence-corrected chi connectivity index (χ4v) is 5.67. The van der Waals surface area contributed by atoms with Gasteiger partial charge in [0.1, 0.15) is 17.4 Å². The van der Waals surface area contributed by atoms with Crippen molar-refractivity contribution in [3.63, 3.8) is 0 Å². The van der Waals surface area contributed by atoms with Crippen molar-refractivity contribution in [3.8, 4) is 16.9 Å². The fourth-order valence-electron chi connectivity index (χ4n) is 5.67. The molecule has 4 atom stereocenters. The van der Waals surface area contributed by atoms with E-state index < -0.39 is 12.1 Å². The molecule has 202 valence electrons. The molecule has 0 bridgehead atoms. The van der Waals surface area contributed by atoms with Crippen LogP contribution in [-0.2, 0) is 27.2 Å². The number of methoxy groups -OCH3 is 1. The number of aryl methyl sites for hydroxylation is 2. The molecule has 0 radical (unpaired) electrons. The SMILES string of the molecule is COc1ccc(-c2ccc(CC[C@@H]3O[C@H]4OC(C)(C)O[C@H]4[C@H]3CCn3nnc4ccccc4c3=O)cc2)cc1. The summed E-state index contributed by atoms with van der Waals surface area (Å²) in [5.41, 5.74) is 4.03. The van der Waals surface area contributed by atoms with Crippen LogP contribution in [0.3, 0.4) is 0 Å². The molecule has 8 nitrogen and oxygen atoms in total. The van der Waals surface area contributed by atoms with E-state index in [1.807, 2.05) is 38.1 Å². The maximum atomic E-state index is 13.0. The van der Waals surface area contributed by atoms with E-state index in [1.54, 1.807) is 19.2 Å². The van der Waals surface area contributed by atoms with Crippen LogP contribution in [0.15, 0.2) is 77.6 Å². The zero-order valence-corrected chi connectivity index (χ0v) is 22.4.